The topological polar surface area (TPSA) is 77.3 Å². The van der Waals surface area contributed by atoms with Crippen LogP contribution in [0, 0.1) is 17.0 Å². The molecular weight excluding hydrogens is 318 g/mol. The van der Waals surface area contributed by atoms with Gasteiger partial charge in [0, 0.05) is 35.1 Å². The summed E-state index contributed by atoms with van der Waals surface area (Å²) in [4.78, 5) is 14.9. The average Bonchev–Trinajstić information content (AvgIpc) is 2.61. The van der Waals surface area contributed by atoms with E-state index in [2.05, 4.69) is 16.4 Å². The number of nitrogens with zero attached hydrogens (tertiary/aromatic N) is 2. The second-order valence-corrected chi connectivity index (χ2v) is 5.92. The molecule has 0 saturated carbocycles. The number of hydrogen-bond donors (Lipinski definition) is 1. The zero-order valence-corrected chi connectivity index (χ0v) is 14.3. The summed E-state index contributed by atoms with van der Waals surface area (Å²) < 4.78 is 5.46. The standard InChI is InChI=1S/C19H19N3O3/c1-12-4-7-19(25-3)15(10-12)13(2)21-17-5-6-18(22(23)24)16-11-20-9-8-14(16)17/h4-11,13,21H,1-3H3. The molecule has 6 heteroatoms. The van der Waals surface area contributed by atoms with Crippen molar-refractivity contribution in [1.82, 2.24) is 4.98 Å². The van der Waals surface area contributed by atoms with Crippen LogP contribution in [0.3, 0.4) is 0 Å². The molecule has 1 atom stereocenters. The first-order valence-corrected chi connectivity index (χ1v) is 7.93. The zero-order chi connectivity index (χ0) is 18.0. The van der Waals surface area contributed by atoms with E-state index < -0.39 is 0 Å². The number of anilines is 1. The van der Waals surface area contributed by atoms with Crippen molar-refractivity contribution in [3.05, 3.63) is 70.0 Å². The quantitative estimate of drug-likeness (QED) is 0.542. The molecule has 0 radical (unpaired) electrons. The third-order valence-corrected chi connectivity index (χ3v) is 4.22. The third-order valence-electron chi connectivity index (χ3n) is 4.22. The number of benzene rings is 2. The van der Waals surface area contributed by atoms with Gasteiger partial charge in [0.15, 0.2) is 0 Å². The van der Waals surface area contributed by atoms with E-state index in [1.807, 2.05) is 26.0 Å². The van der Waals surface area contributed by atoms with Gasteiger partial charge in [-0.1, -0.05) is 17.7 Å². The smallest absolute Gasteiger partial charge is 0.278 e. The predicted molar refractivity (Wildman–Crippen MR) is 98.2 cm³/mol. The van der Waals surface area contributed by atoms with Crippen LogP contribution in [-0.2, 0) is 0 Å². The van der Waals surface area contributed by atoms with Gasteiger partial charge in [-0.3, -0.25) is 15.1 Å². The lowest BCUT2D eigenvalue weighted by atomic mass is 10.0. The molecule has 0 bridgehead atoms. The molecule has 0 aliphatic heterocycles. The largest absolute Gasteiger partial charge is 0.496 e. The van der Waals surface area contributed by atoms with Crippen LogP contribution < -0.4 is 10.1 Å². The van der Waals surface area contributed by atoms with Crippen LogP contribution in [0.1, 0.15) is 24.1 Å². The molecule has 0 saturated heterocycles. The van der Waals surface area contributed by atoms with Crippen LogP contribution in [0.15, 0.2) is 48.8 Å². The monoisotopic (exact) mass is 337 g/mol. The lowest BCUT2D eigenvalue weighted by Crippen LogP contribution is -2.09. The molecule has 0 fully saturated rings. The molecule has 3 aromatic rings. The minimum absolute atomic E-state index is 0.0346. The Kier molecular flexibility index (Phi) is 4.52. The maximum atomic E-state index is 11.2. The first-order chi connectivity index (χ1) is 12.0. The van der Waals surface area contributed by atoms with Crippen molar-refractivity contribution in [2.45, 2.75) is 19.9 Å². The lowest BCUT2D eigenvalue weighted by Gasteiger charge is -2.20. The van der Waals surface area contributed by atoms with Gasteiger partial charge in [0.05, 0.1) is 23.5 Å². The molecule has 1 heterocycles. The van der Waals surface area contributed by atoms with Crippen molar-refractivity contribution in [2.75, 3.05) is 12.4 Å². The van der Waals surface area contributed by atoms with Gasteiger partial charge in [-0.2, -0.15) is 0 Å². The number of nitrogens with one attached hydrogen (secondary N) is 1. The molecule has 3 rings (SSSR count). The Bertz CT molecular complexity index is 940. The lowest BCUT2D eigenvalue weighted by molar-refractivity contribution is -0.383. The summed E-state index contributed by atoms with van der Waals surface area (Å²) in [5.74, 6) is 0.804. The number of methoxy groups -OCH3 is 1. The first kappa shape index (κ1) is 16.7. The maximum Gasteiger partial charge on any atom is 0.278 e. The van der Waals surface area contributed by atoms with Gasteiger partial charge in [0.2, 0.25) is 0 Å². The van der Waals surface area contributed by atoms with Crippen molar-refractivity contribution in [2.24, 2.45) is 0 Å². The summed E-state index contributed by atoms with van der Waals surface area (Å²) in [6.45, 7) is 4.06. The molecule has 1 unspecified atom stereocenters. The van der Waals surface area contributed by atoms with Crippen molar-refractivity contribution in [3.8, 4) is 5.75 Å². The Balaban J connectivity index is 2.03. The summed E-state index contributed by atoms with van der Waals surface area (Å²) >= 11 is 0. The Morgan fingerprint density at radius 2 is 2.00 bits per heavy atom. The number of nitro benzene ring substituents is 1. The number of ether oxygens (including phenoxy) is 1. The van der Waals surface area contributed by atoms with Crippen LogP contribution in [0.4, 0.5) is 11.4 Å². The highest BCUT2D eigenvalue weighted by molar-refractivity contribution is 5.99. The number of aromatic nitrogens is 1. The first-order valence-electron chi connectivity index (χ1n) is 7.93. The van der Waals surface area contributed by atoms with Crippen LogP contribution >= 0.6 is 0 Å². The second-order valence-electron chi connectivity index (χ2n) is 5.92. The molecule has 1 aromatic heterocycles. The van der Waals surface area contributed by atoms with Crippen LogP contribution in [-0.4, -0.2) is 17.0 Å². The van der Waals surface area contributed by atoms with Gasteiger partial charge in [-0.05, 0) is 32.0 Å². The Hall–Kier alpha value is -3.15. The predicted octanol–water partition coefficient (Wildman–Crippen LogP) is 4.63. The number of hydrogen-bond acceptors (Lipinski definition) is 5. The molecular formula is C19H19N3O3. The van der Waals surface area contributed by atoms with Crippen molar-refractivity contribution in [3.63, 3.8) is 0 Å². The minimum Gasteiger partial charge on any atom is -0.496 e. The third kappa shape index (κ3) is 3.24. The second kappa shape index (κ2) is 6.76. The van der Waals surface area contributed by atoms with Gasteiger partial charge >= 0.3 is 0 Å². The van der Waals surface area contributed by atoms with E-state index in [1.165, 1.54) is 12.3 Å². The van der Waals surface area contributed by atoms with Crippen LogP contribution in [0.2, 0.25) is 0 Å². The molecule has 0 amide bonds. The molecule has 6 nitrogen and oxygen atoms in total. The van der Waals surface area contributed by atoms with Crippen molar-refractivity contribution >= 4 is 22.1 Å². The Labute approximate surface area is 145 Å². The normalized spacial score (nSPS) is 12.0. The molecule has 0 aliphatic rings. The van der Waals surface area contributed by atoms with E-state index in [0.29, 0.717) is 5.39 Å². The highest BCUT2D eigenvalue weighted by Crippen LogP contribution is 2.34. The van der Waals surface area contributed by atoms with Gasteiger partial charge in [0.25, 0.3) is 5.69 Å². The SMILES string of the molecule is COc1ccc(C)cc1C(C)Nc1ccc([N+](=O)[O-])c2cnccc12. The summed E-state index contributed by atoms with van der Waals surface area (Å²) in [6, 6.07) is 11.0. The fraction of sp³-hybridized carbons (Fsp3) is 0.211. The highest BCUT2D eigenvalue weighted by atomic mass is 16.6. The number of non-ortho nitro benzene ring substituents is 1. The van der Waals surface area contributed by atoms with Crippen LogP contribution in [0.5, 0.6) is 5.75 Å². The number of nitro groups is 1. The summed E-state index contributed by atoms with van der Waals surface area (Å²) in [5, 5.41) is 16.0. The fourth-order valence-corrected chi connectivity index (χ4v) is 2.96. The van der Waals surface area contributed by atoms with Gasteiger partial charge in [0.1, 0.15) is 5.75 Å². The number of aryl methyl sites for hydroxylation is 1. The van der Waals surface area contributed by atoms with E-state index in [-0.39, 0.29) is 16.7 Å². The Morgan fingerprint density at radius 3 is 2.72 bits per heavy atom. The van der Waals surface area contributed by atoms with E-state index in [0.717, 1.165) is 28.0 Å². The molecule has 128 valence electrons. The highest BCUT2D eigenvalue weighted by Gasteiger charge is 2.17. The van der Waals surface area contributed by atoms with Gasteiger partial charge in [-0.25, -0.2) is 0 Å². The van der Waals surface area contributed by atoms with E-state index >= 15 is 0 Å². The summed E-state index contributed by atoms with van der Waals surface area (Å²) in [7, 11) is 1.65. The van der Waals surface area contributed by atoms with E-state index in [9.17, 15) is 10.1 Å². The summed E-state index contributed by atoms with van der Waals surface area (Å²) in [6.07, 6.45) is 3.16. The number of rotatable bonds is 5. The van der Waals surface area contributed by atoms with E-state index in [4.69, 9.17) is 4.74 Å². The zero-order valence-electron chi connectivity index (χ0n) is 14.3. The minimum atomic E-state index is -0.388. The average molecular weight is 337 g/mol. The number of pyridine rings is 1. The van der Waals surface area contributed by atoms with Crippen LogP contribution in [0.25, 0.3) is 10.8 Å². The summed E-state index contributed by atoms with van der Waals surface area (Å²) in [5.41, 5.74) is 3.04. The van der Waals surface area contributed by atoms with E-state index in [1.54, 1.807) is 25.4 Å². The molecule has 2 aromatic carbocycles. The van der Waals surface area contributed by atoms with Gasteiger partial charge in [-0.15, -0.1) is 0 Å². The van der Waals surface area contributed by atoms with Crippen molar-refractivity contribution in [1.29, 1.82) is 0 Å². The number of fused-ring (bicyclic) bond motifs is 1. The molecule has 1 N–H and O–H groups in total. The van der Waals surface area contributed by atoms with Gasteiger partial charge < -0.3 is 10.1 Å². The molecule has 0 spiro atoms. The Morgan fingerprint density at radius 1 is 1.20 bits per heavy atom. The molecule has 25 heavy (non-hydrogen) atoms. The fourth-order valence-electron chi connectivity index (χ4n) is 2.96. The van der Waals surface area contributed by atoms with Crippen molar-refractivity contribution < 1.29 is 9.66 Å². The molecule has 0 aliphatic carbocycles. The maximum absolute atomic E-state index is 11.2.